The number of amides is 2. The first kappa shape index (κ1) is 14.8. The van der Waals surface area contributed by atoms with E-state index in [1.165, 1.54) is 16.5 Å². The topological polar surface area (TPSA) is 81.6 Å². The van der Waals surface area contributed by atoms with Crippen LogP contribution in [0.5, 0.6) is 0 Å². The predicted molar refractivity (Wildman–Crippen MR) is 86.1 cm³/mol. The minimum Gasteiger partial charge on any atom is -0.394 e. The molecule has 0 radical (unpaired) electrons. The highest BCUT2D eigenvalue weighted by molar-refractivity contribution is 6.04. The molecule has 0 aliphatic heterocycles. The monoisotopic (exact) mass is 300 g/mol. The summed E-state index contributed by atoms with van der Waals surface area (Å²) in [4.78, 5) is 12.1. The van der Waals surface area contributed by atoms with Gasteiger partial charge in [0, 0.05) is 5.39 Å². The van der Waals surface area contributed by atoms with E-state index >= 15 is 0 Å². The van der Waals surface area contributed by atoms with Crippen LogP contribution in [0.15, 0.2) is 30.3 Å². The highest BCUT2D eigenvalue weighted by atomic mass is 16.3. The maximum absolute atomic E-state index is 12.1. The van der Waals surface area contributed by atoms with E-state index < -0.39 is 11.6 Å². The molecule has 2 aromatic rings. The molecule has 0 saturated carbocycles. The van der Waals surface area contributed by atoms with Gasteiger partial charge < -0.3 is 20.8 Å². The minimum atomic E-state index is -1.04. The molecule has 0 fully saturated rings. The Bertz CT molecular complexity index is 713. The highest BCUT2D eigenvalue weighted by Gasteiger charge is 2.25. The first-order chi connectivity index (χ1) is 10.6. The molecule has 116 valence electrons. The summed E-state index contributed by atoms with van der Waals surface area (Å²) in [6, 6.07) is 9.64. The third kappa shape index (κ3) is 2.53. The fourth-order valence-electron chi connectivity index (χ4n) is 2.91. The number of anilines is 1. The van der Waals surface area contributed by atoms with Crippen molar-refractivity contribution in [2.45, 2.75) is 25.3 Å². The molecule has 0 bridgehead atoms. The van der Waals surface area contributed by atoms with Crippen molar-refractivity contribution in [2.24, 2.45) is 0 Å². The number of carbonyl (C=O) groups excluding carboxylic acids is 1. The molecule has 0 aromatic heterocycles. The number of aliphatic hydroxyl groups excluding tert-OH is 2. The van der Waals surface area contributed by atoms with Crippen molar-refractivity contribution in [1.29, 1.82) is 0 Å². The zero-order valence-corrected chi connectivity index (χ0v) is 12.5. The second-order valence-electron chi connectivity index (χ2n) is 6.07. The van der Waals surface area contributed by atoms with Gasteiger partial charge in [-0.25, -0.2) is 4.79 Å². The number of nitrogens with one attached hydrogen (secondary N) is 2. The van der Waals surface area contributed by atoms with E-state index in [1.54, 1.807) is 6.92 Å². The van der Waals surface area contributed by atoms with Crippen LogP contribution in [-0.4, -0.2) is 35.0 Å². The summed E-state index contributed by atoms with van der Waals surface area (Å²) in [5.41, 5.74) is 2.32. The van der Waals surface area contributed by atoms with Crippen molar-refractivity contribution in [3.63, 3.8) is 0 Å². The number of rotatable bonds is 4. The molecule has 0 saturated heterocycles. The Labute approximate surface area is 129 Å². The third-order valence-electron chi connectivity index (χ3n) is 4.24. The van der Waals surface area contributed by atoms with E-state index in [4.69, 9.17) is 0 Å². The Morgan fingerprint density at radius 3 is 2.50 bits per heavy atom. The van der Waals surface area contributed by atoms with Crippen LogP contribution in [0.3, 0.4) is 0 Å². The van der Waals surface area contributed by atoms with Crippen LogP contribution in [0, 0.1) is 0 Å². The highest BCUT2D eigenvalue weighted by Crippen LogP contribution is 2.34. The Hall–Kier alpha value is -2.11. The maximum atomic E-state index is 12.1. The second-order valence-corrected chi connectivity index (χ2v) is 6.07. The molecule has 0 atom stereocenters. The van der Waals surface area contributed by atoms with Crippen molar-refractivity contribution in [3.05, 3.63) is 41.5 Å². The molecule has 2 aromatic carbocycles. The lowest BCUT2D eigenvalue weighted by atomic mass is 10.0. The lowest BCUT2D eigenvalue weighted by Crippen LogP contribution is -2.53. The first-order valence-corrected chi connectivity index (χ1v) is 7.41. The van der Waals surface area contributed by atoms with Crippen molar-refractivity contribution in [3.8, 4) is 0 Å². The maximum Gasteiger partial charge on any atom is 0.319 e. The molecular formula is C17H20N2O3. The second kappa shape index (κ2) is 5.59. The van der Waals surface area contributed by atoms with Gasteiger partial charge in [-0.2, -0.15) is 0 Å². The van der Waals surface area contributed by atoms with E-state index in [1.807, 2.05) is 24.3 Å². The summed E-state index contributed by atoms with van der Waals surface area (Å²) >= 11 is 0. The Morgan fingerprint density at radius 1 is 1.14 bits per heavy atom. The van der Waals surface area contributed by atoms with E-state index in [0.717, 1.165) is 23.9 Å². The molecular weight excluding hydrogens is 280 g/mol. The van der Waals surface area contributed by atoms with Crippen LogP contribution in [0.25, 0.3) is 10.8 Å². The van der Waals surface area contributed by atoms with Gasteiger partial charge in [-0.15, -0.1) is 0 Å². The normalized spacial score (nSPS) is 13.4. The van der Waals surface area contributed by atoms with Crippen LogP contribution >= 0.6 is 0 Å². The van der Waals surface area contributed by atoms with E-state index in [9.17, 15) is 15.0 Å². The lowest BCUT2D eigenvalue weighted by molar-refractivity contribution is 0.111. The molecule has 4 N–H and O–H groups in total. The van der Waals surface area contributed by atoms with Crippen LogP contribution in [0.1, 0.15) is 18.1 Å². The van der Waals surface area contributed by atoms with Gasteiger partial charge in [0.05, 0.1) is 24.4 Å². The molecule has 5 heteroatoms. The number of urea groups is 1. The molecule has 2 amide bonds. The fraction of sp³-hybridized carbons (Fsp3) is 0.353. The molecule has 0 heterocycles. The SMILES string of the molecule is CC(CO)(CO)NC(=O)Nc1ccc2c3c(cccc13)CC2. The number of aliphatic hydroxyl groups is 2. The summed E-state index contributed by atoms with van der Waals surface area (Å²) in [7, 11) is 0. The van der Waals surface area contributed by atoms with Gasteiger partial charge in [0.1, 0.15) is 0 Å². The van der Waals surface area contributed by atoms with E-state index in [-0.39, 0.29) is 13.2 Å². The molecule has 3 rings (SSSR count). The standard InChI is InChI=1S/C17H20N2O3/c1-17(9-20,10-21)19-16(22)18-14-8-7-12-6-5-11-3-2-4-13(14)15(11)12/h2-4,7-8,20-21H,5-6,9-10H2,1H3,(H2,18,19,22). The summed E-state index contributed by atoms with van der Waals surface area (Å²) in [6.45, 7) is 0.918. The van der Waals surface area contributed by atoms with Gasteiger partial charge in [-0.3, -0.25) is 0 Å². The quantitative estimate of drug-likeness (QED) is 0.695. The van der Waals surface area contributed by atoms with E-state index in [0.29, 0.717) is 0 Å². The van der Waals surface area contributed by atoms with Crippen molar-refractivity contribution < 1.29 is 15.0 Å². The zero-order chi connectivity index (χ0) is 15.7. The van der Waals surface area contributed by atoms with Crippen LogP contribution < -0.4 is 10.6 Å². The van der Waals surface area contributed by atoms with Crippen LogP contribution in [0.4, 0.5) is 10.5 Å². The smallest absolute Gasteiger partial charge is 0.319 e. The molecule has 1 aliphatic rings. The third-order valence-corrected chi connectivity index (χ3v) is 4.24. The van der Waals surface area contributed by atoms with Gasteiger partial charge in [0.25, 0.3) is 0 Å². The number of hydrogen-bond donors (Lipinski definition) is 4. The van der Waals surface area contributed by atoms with Crippen molar-refractivity contribution in [1.82, 2.24) is 5.32 Å². The van der Waals surface area contributed by atoms with Crippen LogP contribution in [-0.2, 0) is 12.8 Å². The number of hydrogen-bond acceptors (Lipinski definition) is 3. The Kier molecular flexibility index (Phi) is 3.76. The van der Waals surface area contributed by atoms with Gasteiger partial charge in [-0.05, 0) is 42.3 Å². The Balaban J connectivity index is 1.88. The van der Waals surface area contributed by atoms with Gasteiger partial charge >= 0.3 is 6.03 Å². The Morgan fingerprint density at radius 2 is 1.82 bits per heavy atom. The number of carbonyl (C=O) groups is 1. The summed E-state index contributed by atoms with van der Waals surface area (Å²) in [5.74, 6) is 0. The summed E-state index contributed by atoms with van der Waals surface area (Å²) in [5, 5.41) is 26.2. The van der Waals surface area contributed by atoms with Crippen LogP contribution in [0.2, 0.25) is 0 Å². The van der Waals surface area contributed by atoms with Crippen molar-refractivity contribution in [2.75, 3.05) is 18.5 Å². The number of aryl methyl sites for hydroxylation is 2. The van der Waals surface area contributed by atoms with Gasteiger partial charge in [-0.1, -0.05) is 24.3 Å². The average Bonchev–Trinajstić information content (AvgIpc) is 2.95. The van der Waals surface area contributed by atoms with Gasteiger partial charge in [0.2, 0.25) is 0 Å². The largest absolute Gasteiger partial charge is 0.394 e. The predicted octanol–water partition coefficient (Wildman–Crippen LogP) is 1.80. The molecule has 5 nitrogen and oxygen atoms in total. The molecule has 0 unspecified atom stereocenters. The zero-order valence-electron chi connectivity index (χ0n) is 12.5. The van der Waals surface area contributed by atoms with E-state index in [2.05, 4.69) is 16.7 Å². The minimum absolute atomic E-state index is 0.333. The molecule has 0 spiro atoms. The molecule has 22 heavy (non-hydrogen) atoms. The summed E-state index contributed by atoms with van der Waals surface area (Å²) < 4.78 is 0. The number of benzene rings is 2. The molecule has 1 aliphatic carbocycles. The van der Waals surface area contributed by atoms with Crippen molar-refractivity contribution >= 4 is 22.5 Å². The first-order valence-electron chi connectivity index (χ1n) is 7.41. The summed E-state index contributed by atoms with van der Waals surface area (Å²) in [6.07, 6.45) is 2.07. The van der Waals surface area contributed by atoms with Gasteiger partial charge in [0.15, 0.2) is 0 Å². The lowest BCUT2D eigenvalue weighted by Gasteiger charge is -2.26. The fourth-order valence-corrected chi connectivity index (χ4v) is 2.91. The average molecular weight is 300 g/mol.